The number of fused-ring (bicyclic) bond motifs is 1. The lowest BCUT2D eigenvalue weighted by molar-refractivity contribution is -0.106. The molecule has 4 unspecified atom stereocenters. The van der Waals surface area contributed by atoms with Gasteiger partial charge in [0.1, 0.15) is 0 Å². The summed E-state index contributed by atoms with van der Waals surface area (Å²) >= 11 is 0. The first-order chi connectivity index (χ1) is 11.9. The molecule has 3 rings (SSSR count). The van der Waals surface area contributed by atoms with Gasteiger partial charge in [-0.25, -0.2) is 0 Å². The number of ether oxygens (including phenoxy) is 1. The highest BCUT2D eigenvalue weighted by Gasteiger charge is 2.59. The fourth-order valence-corrected chi connectivity index (χ4v) is 4.16. The molecule has 1 aliphatic heterocycles. The Morgan fingerprint density at radius 3 is 2.69 bits per heavy atom. The van der Waals surface area contributed by atoms with Gasteiger partial charge in [0.2, 0.25) is 0 Å². The third-order valence-electron chi connectivity index (χ3n) is 5.62. The Hall–Kier alpha value is -0.860. The van der Waals surface area contributed by atoms with E-state index < -0.39 is 6.10 Å². The zero-order chi connectivity index (χ0) is 18.0. The van der Waals surface area contributed by atoms with E-state index in [4.69, 9.17) is 4.74 Å². The summed E-state index contributed by atoms with van der Waals surface area (Å²) in [6.07, 6.45) is 0.871. The van der Waals surface area contributed by atoms with E-state index in [9.17, 15) is 5.11 Å². The molecule has 2 aliphatic rings. The molecule has 2 fully saturated rings. The Morgan fingerprint density at radius 2 is 2.04 bits per heavy atom. The molecule has 0 bridgehead atoms. The summed E-state index contributed by atoms with van der Waals surface area (Å²) in [6.45, 7) is 10.6. The van der Waals surface area contributed by atoms with E-state index in [0.717, 1.165) is 31.1 Å². The molecule has 1 aromatic carbocycles. The van der Waals surface area contributed by atoms with Gasteiger partial charge in [0, 0.05) is 30.5 Å². The van der Waals surface area contributed by atoms with Crippen LogP contribution in [0.15, 0.2) is 29.3 Å². The van der Waals surface area contributed by atoms with Gasteiger partial charge in [-0.3, -0.25) is 4.99 Å². The number of rotatable bonds is 5. The molecule has 1 saturated heterocycles. The van der Waals surface area contributed by atoms with Crippen molar-refractivity contribution in [1.29, 1.82) is 0 Å². The van der Waals surface area contributed by atoms with Gasteiger partial charge in [-0.2, -0.15) is 0 Å². The molecule has 0 spiro atoms. The SMILES string of the molecule is CCNC(=NCC(O)c1ccc(C)cc1)NC1C2CCOC2C1(C)C.I. The van der Waals surface area contributed by atoms with Gasteiger partial charge in [0.25, 0.3) is 0 Å². The number of nitrogens with one attached hydrogen (secondary N) is 2. The zero-order valence-electron chi connectivity index (χ0n) is 16.2. The summed E-state index contributed by atoms with van der Waals surface area (Å²) < 4.78 is 5.86. The number of aryl methyl sites for hydroxylation is 1. The zero-order valence-corrected chi connectivity index (χ0v) is 18.5. The molecule has 1 aliphatic carbocycles. The van der Waals surface area contributed by atoms with E-state index in [1.807, 2.05) is 31.2 Å². The largest absolute Gasteiger partial charge is 0.386 e. The second kappa shape index (κ2) is 8.89. The van der Waals surface area contributed by atoms with Crippen LogP contribution in [0.2, 0.25) is 0 Å². The van der Waals surface area contributed by atoms with E-state index in [-0.39, 0.29) is 29.4 Å². The molecule has 5 nitrogen and oxygen atoms in total. The summed E-state index contributed by atoms with van der Waals surface area (Å²) in [7, 11) is 0. The van der Waals surface area contributed by atoms with Gasteiger partial charge in [-0.1, -0.05) is 43.7 Å². The van der Waals surface area contributed by atoms with E-state index in [1.165, 1.54) is 5.56 Å². The Kier molecular flexibility index (Phi) is 7.33. The Labute approximate surface area is 174 Å². The first-order valence-corrected chi connectivity index (χ1v) is 9.34. The average molecular weight is 473 g/mol. The van der Waals surface area contributed by atoms with Gasteiger partial charge in [-0.05, 0) is 25.8 Å². The van der Waals surface area contributed by atoms with Crippen molar-refractivity contribution in [3.8, 4) is 0 Å². The van der Waals surface area contributed by atoms with Gasteiger partial charge >= 0.3 is 0 Å². The number of aliphatic imine (C=N–C) groups is 1. The molecule has 0 amide bonds. The second-order valence-corrected chi connectivity index (χ2v) is 7.83. The van der Waals surface area contributed by atoms with E-state index >= 15 is 0 Å². The van der Waals surface area contributed by atoms with Crippen molar-refractivity contribution in [3.05, 3.63) is 35.4 Å². The van der Waals surface area contributed by atoms with Gasteiger partial charge < -0.3 is 20.5 Å². The normalized spacial score (nSPS) is 27.7. The molecule has 0 aromatic heterocycles. The Balaban J connectivity index is 0.00000243. The smallest absolute Gasteiger partial charge is 0.191 e. The minimum atomic E-state index is -0.590. The van der Waals surface area contributed by atoms with Gasteiger partial charge in [0.15, 0.2) is 5.96 Å². The van der Waals surface area contributed by atoms with Crippen molar-refractivity contribution >= 4 is 29.9 Å². The number of hydrogen-bond donors (Lipinski definition) is 3. The molecule has 1 aromatic rings. The van der Waals surface area contributed by atoms with Crippen LogP contribution >= 0.6 is 24.0 Å². The van der Waals surface area contributed by atoms with Crippen LogP contribution in [0.5, 0.6) is 0 Å². The molecule has 0 radical (unpaired) electrons. The Morgan fingerprint density at radius 1 is 1.35 bits per heavy atom. The fourth-order valence-electron chi connectivity index (χ4n) is 4.16. The second-order valence-electron chi connectivity index (χ2n) is 7.83. The molecule has 1 heterocycles. The highest BCUT2D eigenvalue weighted by atomic mass is 127. The number of aliphatic hydroxyl groups is 1. The molecule has 1 saturated carbocycles. The summed E-state index contributed by atoms with van der Waals surface area (Å²) in [5.74, 6) is 1.33. The lowest BCUT2D eigenvalue weighted by atomic mass is 9.57. The van der Waals surface area contributed by atoms with Crippen molar-refractivity contribution in [2.75, 3.05) is 19.7 Å². The first-order valence-electron chi connectivity index (χ1n) is 9.34. The lowest BCUT2D eigenvalue weighted by Gasteiger charge is -2.54. The fraction of sp³-hybridized carbons (Fsp3) is 0.650. The summed E-state index contributed by atoms with van der Waals surface area (Å²) in [4.78, 5) is 4.62. The van der Waals surface area contributed by atoms with Crippen molar-refractivity contribution in [2.45, 2.75) is 52.4 Å². The highest BCUT2D eigenvalue weighted by Crippen LogP contribution is 2.52. The summed E-state index contributed by atoms with van der Waals surface area (Å²) in [5, 5.41) is 17.3. The average Bonchev–Trinajstić information content (AvgIpc) is 3.04. The quantitative estimate of drug-likeness (QED) is 0.350. The maximum Gasteiger partial charge on any atom is 0.191 e. The van der Waals surface area contributed by atoms with Crippen molar-refractivity contribution in [2.24, 2.45) is 16.3 Å². The third kappa shape index (κ3) is 4.34. The Bertz CT molecular complexity index is 618. The van der Waals surface area contributed by atoms with Crippen LogP contribution in [-0.2, 0) is 4.74 Å². The standard InChI is InChI=1S/C20H31N3O2.HI/c1-5-21-19(22-12-16(24)14-8-6-13(2)7-9-14)23-17-15-10-11-25-18(15)20(17,3)4;/h6-9,15-18,24H,5,10-12H2,1-4H3,(H2,21,22,23);1H. The van der Waals surface area contributed by atoms with E-state index in [0.29, 0.717) is 24.6 Å². The van der Waals surface area contributed by atoms with Crippen molar-refractivity contribution in [1.82, 2.24) is 10.6 Å². The minimum Gasteiger partial charge on any atom is -0.386 e. The van der Waals surface area contributed by atoms with Crippen LogP contribution < -0.4 is 10.6 Å². The molecule has 4 atom stereocenters. The van der Waals surface area contributed by atoms with Crippen LogP contribution in [0.25, 0.3) is 0 Å². The topological polar surface area (TPSA) is 65.9 Å². The van der Waals surface area contributed by atoms with Crippen LogP contribution in [-0.4, -0.2) is 42.9 Å². The number of benzene rings is 1. The molecular formula is C20H32IN3O2. The number of halogens is 1. The maximum absolute atomic E-state index is 10.4. The van der Waals surface area contributed by atoms with E-state index in [1.54, 1.807) is 0 Å². The molecule has 26 heavy (non-hydrogen) atoms. The van der Waals surface area contributed by atoms with E-state index in [2.05, 4.69) is 36.4 Å². The predicted octanol–water partition coefficient (Wildman–Crippen LogP) is 3.02. The van der Waals surface area contributed by atoms with Crippen LogP contribution in [0.1, 0.15) is 44.4 Å². The number of nitrogens with zero attached hydrogens (tertiary/aromatic N) is 1. The molecule has 6 heteroatoms. The van der Waals surface area contributed by atoms with Crippen LogP contribution in [0.4, 0.5) is 0 Å². The number of aliphatic hydroxyl groups excluding tert-OH is 1. The lowest BCUT2D eigenvalue weighted by Crippen LogP contribution is -2.68. The molecular weight excluding hydrogens is 441 g/mol. The maximum atomic E-state index is 10.4. The monoisotopic (exact) mass is 473 g/mol. The number of guanidine groups is 1. The summed E-state index contributed by atoms with van der Waals surface area (Å²) in [6, 6.07) is 8.32. The number of hydrogen-bond acceptors (Lipinski definition) is 3. The third-order valence-corrected chi connectivity index (χ3v) is 5.62. The minimum absolute atomic E-state index is 0. The van der Waals surface area contributed by atoms with Crippen LogP contribution in [0, 0.1) is 18.3 Å². The predicted molar refractivity (Wildman–Crippen MR) is 116 cm³/mol. The van der Waals surface area contributed by atoms with Gasteiger partial charge in [0.05, 0.1) is 18.8 Å². The van der Waals surface area contributed by atoms with Crippen LogP contribution in [0.3, 0.4) is 0 Å². The van der Waals surface area contributed by atoms with Gasteiger partial charge in [-0.15, -0.1) is 24.0 Å². The van der Waals surface area contributed by atoms with Crippen molar-refractivity contribution < 1.29 is 9.84 Å². The summed E-state index contributed by atoms with van der Waals surface area (Å²) in [5.41, 5.74) is 2.20. The van der Waals surface area contributed by atoms with Crippen molar-refractivity contribution in [3.63, 3.8) is 0 Å². The highest BCUT2D eigenvalue weighted by molar-refractivity contribution is 14.0. The first kappa shape index (κ1) is 21.4. The molecule has 3 N–H and O–H groups in total. The molecule has 146 valence electrons.